The van der Waals surface area contributed by atoms with Gasteiger partial charge < -0.3 is 29.4 Å². The van der Waals surface area contributed by atoms with E-state index in [9.17, 15) is 9.59 Å². The molecule has 0 radical (unpaired) electrons. The number of carbonyl (C=O) groups excluding carboxylic acids is 1. The summed E-state index contributed by atoms with van der Waals surface area (Å²) in [6, 6.07) is 15.8. The van der Waals surface area contributed by atoms with Crippen LogP contribution in [0.4, 0.5) is 11.4 Å². The van der Waals surface area contributed by atoms with Gasteiger partial charge in [0.05, 0.1) is 30.4 Å². The molecule has 2 aliphatic heterocycles. The Balaban J connectivity index is 1.13. The Morgan fingerprint density at radius 2 is 1.85 bits per heavy atom. The number of hydrogen-bond acceptors (Lipinski definition) is 6. The molecule has 2 N–H and O–H groups in total. The Kier molecular flexibility index (Phi) is 7.00. The number of anilines is 2. The van der Waals surface area contributed by atoms with Gasteiger partial charge in [-0.3, -0.25) is 4.79 Å². The highest BCUT2D eigenvalue weighted by Crippen LogP contribution is 2.45. The van der Waals surface area contributed by atoms with Gasteiger partial charge in [-0.1, -0.05) is 31.4 Å². The highest BCUT2D eigenvalue weighted by atomic mass is 16.5. The van der Waals surface area contributed by atoms with Gasteiger partial charge >= 0.3 is 5.97 Å². The molecule has 2 atom stereocenters. The van der Waals surface area contributed by atoms with E-state index < -0.39 is 5.97 Å². The average Bonchev–Trinajstić information content (AvgIpc) is 3.72. The predicted octanol–water partition coefficient (Wildman–Crippen LogP) is 5.93. The summed E-state index contributed by atoms with van der Waals surface area (Å²) in [4.78, 5) is 28.5. The maximum absolute atomic E-state index is 13.5. The van der Waals surface area contributed by atoms with Crippen molar-refractivity contribution in [3.8, 4) is 5.75 Å². The Labute approximate surface area is 227 Å². The minimum absolute atomic E-state index is 0.00257. The van der Waals surface area contributed by atoms with Gasteiger partial charge in [-0.25, -0.2) is 4.79 Å². The molecule has 8 heteroatoms. The van der Waals surface area contributed by atoms with Crippen LogP contribution >= 0.6 is 0 Å². The van der Waals surface area contributed by atoms with Gasteiger partial charge in [-0.2, -0.15) is 0 Å². The number of nitrogens with zero attached hydrogens (tertiary/aromatic N) is 2. The summed E-state index contributed by atoms with van der Waals surface area (Å²) in [5.74, 6) is -0.267. The first-order chi connectivity index (χ1) is 19.0. The fraction of sp³-hybridized carbons (Fsp3) is 0.355. The molecule has 1 aliphatic carbocycles. The van der Waals surface area contributed by atoms with Crippen molar-refractivity contribution in [3.63, 3.8) is 0 Å². The van der Waals surface area contributed by atoms with Crippen molar-refractivity contribution in [2.24, 2.45) is 0 Å². The van der Waals surface area contributed by atoms with Crippen LogP contribution in [0.1, 0.15) is 66.2 Å². The zero-order valence-electron chi connectivity index (χ0n) is 21.8. The topological polar surface area (TPSA) is 95.2 Å². The third kappa shape index (κ3) is 5.37. The number of carboxylic acid groups (broad SMARTS) is 1. The molecule has 3 heterocycles. The van der Waals surface area contributed by atoms with E-state index in [4.69, 9.17) is 14.3 Å². The van der Waals surface area contributed by atoms with Crippen LogP contribution in [0.15, 0.2) is 71.6 Å². The lowest BCUT2D eigenvalue weighted by Crippen LogP contribution is -2.39. The van der Waals surface area contributed by atoms with Crippen molar-refractivity contribution >= 4 is 29.3 Å². The monoisotopic (exact) mass is 527 g/mol. The van der Waals surface area contributed by atoms with Crippen LogP contribution < -0.4 is 15.0 Å². The Morgan fingerprint density at radius 1 is 1.03 bits per heavy atom. The second-order valence-corrected chi connectivity index (χ2v) is 10.6. The molecule has 1 saturated carbocycles. The highest BCUT2D eigenvalue weighted by molar-refractivity contribution is 5.97. The number of aliphatic carboxylic acids is 1. The Morgan fingerprint density at radius 3 is 2.59 bits per heavy atom. The number of rotatable bonds is 7. The summed E-state index contributed by atoms with van der Waals surface area (Å²) in [6.45, 7) is 1.16. The SMILES string of the molecule is O=C(O)C=Cc1ccc(O[C@H]2CCN(C(=O)c3ccc4c(c3)NC(c3ccoc3)N4C3CCCCC3)C2)cc1. The van der Waals surface area contributed by atoms with E-state index in [0.29, 0.717) is 30.4 Å². The molecule has 1 aromatic heterocycles. The number of fused-ring (bicyclic) bond motifs is 1. The molecule has 1 saturated heterocycles. The first-order valence-electron chi connectivity index (χ1n) is 13.7. The lowest BCUT2D eigenvalue weighted by atomic mass is 9.93. The maximum Gasteiger partial charge on any atom is 0.328 e. The number of nitrogens with one attached hydrogen (secondary N) is 1. The van der Waals surface area contributed by atoms with E-state index in [2.05, 4.69) is 16.3 Å². The minimum atomic E-state index is -0.982. The summed E-state index contributed by atoms with van der Waals surface area (Å²) in [6.07, 6.45) is 13.0. The molecule has 2 fully saturated rings. The lowest BCUT2D eigenvalue weighted by Gasteiger charge is -2.37. The summed E-state index contributed by atoms with van der Waals surface area (Å²) in [7, 11) is 0. The van der Waals surface area contributed by atoms with Crippen molar-refractivity contribution in [1.82, 2.24) is 4.90 Å². The van der Waals surface area contributed by atoms with Gasteiger partial charge in [0.1, 0.15) is 18.0 Å². The van der Waals surface area contributed by atoms with Gasteiger partial charge in [-0.05, 0) is 60.9 Å². The minimum Gasteiger partial charge on any atom is -0.489 e. The third-order valence-corrected chi connectivity index (χ3v) is 7.95. The molecular formula is C31H33N3O5. The van der Waals surface area contributed by atoms with Gasteiger partial charge in [0.15, 0.2) is 0 Å². The number of hydrogen-bond donors (Lipinski definition) is 2. The molecule has 8 nitrogen and oxygen atoms in total. The summed E-state index contributed by atoms with van der Waals surface area (Å²) >= 11 is 0. The fourth-order valence-electron chi connectivity index (χ4n) is 6.02. The van der Waals surface area contributed by atoms with E-state index in [1.807, 2.05) is 47.4 Å². The van der Waals surface area contributed by atoms with Crippen molar-refractivity contribution in [1.29, 1.82) is 0 Å². The molecule has 0 spiro atoms. The van der Waals surface area contributed by atoms with Crippen LogP contribution in [0.3, 0.4) is 0 Å². The van der Waals surface area contributed by atoms with Crippen LogP contribution in [-0.4, -0.2) is 47.1 Å². The molecule has 6 rings (SSSR count). The number of carboxylic acids is 1. The molecule has 3 aliphatic rings. The number of carbonyl (C=O) groups is 2. The van der Waals surface area contributed by atoms with Crippen molar-refractivity contribution < 1.29 is 23.8 Å². The molecule has 0 bridgehead atoms. The maximum atomic E-state index is 13.5. The quantitative estimate of drug-likeness (QED) is 0.368. The van der Waals surface area contributed by atoms with E-state index in [0.717, 1.165) is 35.0 Å². The standard InChI is InChI=1S/C31H33N3O5/c35-29(36)13-8-21-6-10-25(11-7-21)39-26-14-16-33(19-26)31(37)22-9-12-28-27(18-22)32-30(23-15-17-38-20-23)34(28)24-4-2-1-3-5-24/h6-13,15,17-18,20,24,26,30,32H,1-5,14,16,19H2,(H,35,36)/t26-,30?/m0/s1. The van der Waals surface area contributed by atoms with Crippen LogP contribution in [-0.2, 0) is 4.79 Å². The van der Waals surface area contributed by atoms with Crippen LogP contribution in [0.25, 0.3) is 6.08 Å². The number of amides is 1. The fourth-order valence-corrected chi connectivity index (χ4v) is 6.02. The van der Waals surface area contributed by atoms with E-state index >= 15 is 0 Å². The van der Waals surface area contributed by atoms with Crippen LogP contribution in [0, 0.1) is 0 Å². The number of ether oxygens (including phenoxy) is 1. The second kappa shape index (κ2) is 10.9. The van der Waals surface area contributed by atoms with Gasteiger partial charge in [0, 0.05) is 36.2 Å². The molecule has 1 unspecified atom stereocenters. The lowest BCUT2D eigenvalue weighted by molar-refractivity contribution is -0.131. The molecule has 1 amide bonds. The first kappa shape index (κ1) is 25.1. The third-order valence-electron chi connectivity index (χ3n) is 7.95. The molecule has 2 aromatic carbocycles. The van der Waals surface area contributed by atoms with Crippen molar-refractivity contribution in [2.75, 3.05) is 23.3 Å². The van der Waals surface area contributed by atoms with E-state index in [1.54, 1.807) is 18.6 Å². The zero-order valence-corrected chi connectivity index (χ0v) is 21.8. The number of furan rings is 1. The van der Waals surface area contributed by atoms with Crippen molar-refractivity contribution in [3.05, 3.63) is 83.8 Å². The zero-order chi connectivity index (χ0) is 26.8. The Bertz CT molecular complexity index is 1350. The number of likely N-dealkylation sites (tertiary alicyclic amines) is 1. The predicted molar refractivity (Wildman–Crippen MR) is 149 cm³/mol. The summed E-state index contributed by atoms with van der Waals surface area (Å²) < 4.78 is 11.5. The molecular weight excluding hydrogens is 494 g/mol. The van der Waals surface area contributed by atoms with Crippen LogP contribution in [0.2, 0.25) is 0 Å². The highest BCUT2D eigenvalue weighted by Gasteiger charge is 2.37. The Hall–Kier alpha value is -4.20. The van der Waals surface area contributed by atoms with Crippen LogP contribution in [0.5, 0.6) is 5.75 Å². The average molecular weight is 528 g/mol. The summed E-state index contributed by atoms with van der Waals surface area (Å²) in [5, 5.41) is 12.4. The van der Waals surface area contributed by atoms with Gasteiger partial charge in [-0.15, -0.1) is 0 Å². The smallest absolute Gasteiger partial charge is 0.328 e. The molecule has 3 aromatic rings. The number of benzene rings is 2. The van der Waals surface area contributed by atoms with E-state index in [-0.39, 0.29) is 18.2 Å². The van der Waals surface area contributed by atoms with E-state index in [1.165, 1.54) is 32.1 Å². The van der Waals surface area contributed by atoms with Gasteiger partial charge in [0.25, 0.3) is 5.91 Å². The molecule has 202 valence electrons. The first-order valence-corrected chi connectivity index (χ1v) is 13.7. The summed E-state index contributed by atoms with van der Waals surface area (Å²) in [5.41, 5.74) is 4.69. The largest absolute Gasteiger partial charge is 0.489 e. The van der Waals surface area contributed by atoms with Gasteiger partial charge in [0.2, 0.25) is 0 Å². The molecule has 39 heavy (non-hydrogen) atoms. The second-order valence-electron chi connectivity index (χ2n) is 10.6. The van der Waals surface area contributed by atoms with Crippen molar-refractivity contribution in [2.45, 2.75) is 56.8 Å². The normalized spacial score (nSPS) is 21.2.